The van der Waals surface area contributed by atoms with Crippen LogP contribution in [-0.4, -0.2) is 55.0 Å². The molecule has 0 aromatic heterocycles. The second-order valence-electron chi connectivity index (χ2n) is 7.10. The topological polar surface area (TPSA) is 84.9 Å². The third kappa shape index (κ3) is 6.58. The average molecular weight is 376 g/mol. The van der Waals surface area contributed by atoms with Gasteiger partial charge in [-0.3, -0.25) is 14.4 Å². The lowest BCUT2D eigenvalue weighted by atomic mass is 10.1. The van der Waals surface area contributed by atoms with Crippen molar-refractivity contribution >= 4 is 17.8 Å². The zero-order valence-corrected chi connectivity index (χ0v) is 16.2. The van der Waals surface area contributed by atoms with E-state index in [0.717, 1.165) is 12.0 Å². The summed E-state index contributed by atoms with van der Waals surface area (Å²) in [6.45, 7) is 6.87. The Morgan fingerprint density at radius 3 is 2.63 bits per heavy atom. The van der Waals surface area contributed by atoms with E-state index in [1.165, 1.54) is 4.90 Å². The Labute approximate surface area is 160 Å². The molecule has 1 saturated heterocycles. The molecule has 1 N–H and O–H groups in total. The molecule has 1 unspecified atom stereocenters. The normalized spacial score (nSPS) is 16.8. The van der Waals surface area contributed by atoms with Crippen LogP contribution in [0, 0.1) is 12.8 Å². The summed E-state index contributed by atoms with van der Waals surface area (Å²) in [5.41, 5.74) is 1.09. The molecule has 0 radical (unpaired) electrons. The minimum absolute atomic E-state index is 0.153. The largest absolute Gasteiger partial charge is 0.484 e. The van der Waals surface area contributed by atoms with Crippen molar-refractivity contribution in [1.82, 2.24) is 10.2 Å². The van der Waals surface area contributed by atoms with Crippen molar-refractivity contribution in [2.75, 3.05) is 26.3 Å². The molecule has 27 heavy (non-hydrogen) atoms. The van der Waals surface area contributed by atoms with Gasteiger partial charge in [0, 0.05) is 13.1 Å². The zero-order valence-electron chi connectivity index (χ0n) is 16.2. The molecule has 1 aliphatic heterocycles. The highest BCUT2D eigenvalue weighted by atomic mass is 16.5. The predicted molar refractivity (Wildman–Crippen MR) is 100 cm³/mol. The Morgan fingerprint density at radius 2 is 1.96 bits per heavy atom. The summed E-state index contributed by atoms with van der Waals surface area (Å²) in [4.78, 5) is 38.2. The van der Waals surface area contributed by atoms with Gasteiger partial charge in [0.25, 0.3) is 5.91 Å². The van der Waals surface area contributed by atoms with Crippen LogP contribution in [0.1, 0.15) is 32.3 Å². The third-order valence-electron chi connectivity index (χ3n) is 4.35. The molecule has 2 amide bonds. The van der Waals surface area contributed by atoms with E-state index in [9.17, 15) is 14.4 Å². The van der Waals surface area contributed by atoms with Crippen molar-refractivity contribution in [1.29, 1.82) is 0 Å². The number of aryl methyl sites for hydroxylation is 1. The lowest BCUT2D eigenvalue weighted by Crippen LogP contribution is -2.58. The molecule has 1 aliphatic rings. The lowest BCUT2D eigenvalue weighted by molar-refractivity contribution is -0.152. The second-order valence-corrected chi connectivity index (χ2v) is 7.10. The van der Waals surface area contributed by atoms with E-state index in [0.29, 0.717) is 31.4 Å². The lowest BCUT2D eigenvalue weighted by Gasteiger charge is -2.34. The maximum absolute atomic E-state index is 12.5. The predicted octanol–water partition coefficient (Wildman–Crippen LogP) is 1.68. The van der Waals surface area contributed by atoms with Crippen molar-refractivity contribution in [3.63, 3.8) is 0 Å². The summed E-state index contributed by atoms with van der Waals surface area (Å²) in [7, 11) is 0. The summed E-state index contributed by atoms with van der Waals surface area (Å²) >= 11 is 0. The van der Waals surface area contributed by atoms with Crippen LogP contribution in [0.25, 0.3) is 0 Å². The quantitative estimate of drug-likeness (QED) is 0.698. The highest BCUT2D eigenvalue weighted by Crippen LogP contribution is 2.14. The molecule has 1 aromatic rings. The number of hydrogen-bond donors (Lipinski definition) is 1. The number of benzene rings is 1. The van der Waals surface area contributed by atoms with Crippen LogP contribution in [-0.2, 0) is 19.1 Å². The molecule has 148 valence electrons. The van der Waals surface area contributed by atoms with E-state index in [2.05, 4.69) is 5.32 Å². The molecular formula is C20H28N2O5. The number of hydrogen-bond acceptors (Lipinski definition) is 5. The minimum atomic E-state index is -0.862. The van der Waals surface area contributed by atoms with Crippen LogP contribution in [0.5, 0.6) is 5.75 Å². The highest BCUT2D eigenvalue weighted by Gasteiger charge is 2.35. The first-order valence-electron chi connectivity index (χ1n) is 9.29. The van der Waals surface area contributed by atoms with E-state index < -0.39 is 12.0 Å². The molecule has 1 aromatic carbocycles. The molecule has 7 nitrogen and oxygen atoms in total. The van der Waals surface area contributed by atoms with Crippen LogP contribution in [0.15, 0.2) is 24.3 Å². The molecule has 1 fully saturated rings. The molecular weight excluding hydrogens is 348 g/mol. The fraction of sp³-hybridized carbons (Fsp3) is 0.550. The first-order chi connectivity index (χ1) is 12.9. The van der Waals surface area contributed by atoms with Crippen LogP contribution in [0.4, 0.5) is 0 Å². The van der Waals surface area contributed by atoms with E-state index in [4.69, 9.17) is 9.47 Å². The Kier molecular flexibility index (Phi) is 7.64. The van der Waals surface area contributed by atoms with Crippen LogP contribution in [0.3, 0.4) is 0 Å². The molecule has 0 aliphatic carbocycles. The van der Waals surface area contributed by atoms with Crippen LogP contribution in [0.2, 0.25) is 0 Å². The van der Waals surface area contributed by atoms with Crippen molar-refractivity contribution in [2.24, 2.45) is 5.92 Å². The van der Waals surface area contributed by atoms with Gasteiger partial charge in [0.05, 0.1) is 13.0 Å². The summed E-state index contributed by atoms with van der Waals surface area (Å²) in [5.74, 6) is -0.140. The van der Waals surface area contributed by atoms with Crippen molar-refractivity contribution in [3.05, 3.63) is 29.8 Å². The van der Waals surface area contributed by atoms with Crippen LogP contribution >= 0.6 is 0 Å². The fourth-order valence-corrected chi connectivity index (χ4v) is 2.70. The minimum Gasteiger partial charge on any atom is -0.484 e. The summed E-state index contributed by atoms with van der Waals surface area (Å²) in [5, 5.41) is 2.70. The van der Waals surface area contributed by atoms with Crippen molar-refractivity contribution in [2.45, 2.75) is 39.7 Å². The summed E-state index contributed by atoms with van der Waals surface area (Å²) in [6, 6.07) is 6.50. The van der Waals surface area contributed by atoms with Gasteiger partial charge in [-0.15, -0.1) is 0 Å². The van der Waals surface area contributed by atoms with E-state index >= 15 is 0 Å². The SMILES string of the molecule is Cc1ccc(OCC(=O)N2CCNC(=O)C2CC(=O)OCCC(C)C)cc1. The monoisotopic (exact) mass is 376 g/mol. The molecule has 1 atom stereocenters. The zero-order chi connectivity index (χ0) is 19.8. The van der Waals surface area contributed by atoms with E-state index in [1.54, 1.807) is 12.1 Å². The van der Waals surface area contributed by atoms with Gasteiger partial charge in [-0.1, -0.05) is 31.5 Å². The average Bonchev–Trinajstić information content (AvgIpc) is 2.62. The number of carbonyl (C=O) groups excluding carboxylic acids is 3. The number of rotatable bonds is 8. The van der Waals surface area contributed by atoms with Gasteiger partial charge in [0.1, 0.15) is 11.8 Å². The van der Waals surface area contributed by atoms with Gasteiger partial charge in [0.15, 0.2) is 6.61 Å². The first kappa shape index (κ1) is 20.7. The van der Waals surface area contributed by atoms with Gasteiger partial charge in [-0.25, -0.2) is 0 Å². The van der Waals surface area contributed by atoms with Gasteiger partial charge in [0.2, 0.25) is 5.91 Å². The van der Waals surface area contributed by atoms with Gasteiger partial charge < -0.3 is 19.7 Å². The molecule has 1 heterocycles. The third-order valence-corrected chi connectivity index (χ3v) is 4.35. The van der Waals surface area contributed by atoms with Gasteiger partial charge in [-0.05, 0) is 31.4 Å². The van der Waals surface area contributed by atoms with Crippen molar-refractivity contribution in [3.8, 4) is 5.75 Å². The molecule has 0 spiro atoms. The standard InChI is InChI=1S/C20H28N2O5/c1-14(2)8-11-26-19(24)12-17-20(25)21-9-10-22(17)18(23)13-27-16-6-4-15(3)5-7-16/h4-7,14,17H,8-13H2,1-3H3,(H,21,25). The van der Waals surface area contributed by atoms with Crippen LogP contribution < -0.4 is 10.1 Å². The Balaban J connectivity index is 1.91. The second kappa shape index (κ2) is 9.94. The number of ether oxygens (including phenoxy) is 2. The maximum atomic E-state index is 12.5. The first-order valence-corrected chi connectivity index (χ1v) is 9.29. The van der Waals surface area contributed by atoms with E-state index in [-0.39, 0.29) is 24.8 Å². The number of piperazine rings is 1. The fourth-order valence-electron chi connectivity index (χ4n) is 2.70. The highest BCUT2D eigenvalue weighted by molar-refractivity contribution is 5.92. The molecule has 0 saturated carbocycles. The Bertz CT molecular complexity index is 657. The number of nitrogens with zero attached hydrogens (tertiary/aromatic N) is 1. The number of carbonyl (C=O) groups is 3. The van der Waals surface area contributed by atoms with Gasteiger partial charge >= 0.3 is 5.97 Å². The molecule has 2 rings (SSSR count). The number of nitrogens with one attached hydrogen (secondary N) is 1. The number of amides is 2. The Morgan fingerprint density at radius 1 is 1.26 bits per heavy atom. The number of esters is 1. The van der Waals surface area contributed by atoms with E-state index in [1.807, 2.05) is 32.9 Å². The maximum Gasteiger partial charge on any atom is 0.308 e. The Hall–Kier alpha value is -2.57. The molecule has 7 heteroatoms. The summed E-state index contributed by atoms with van der Waals surface area (Å²) in [6.07, 6.45) is 0.607. The van der Waals surface area contributed by atoms with Gasteiger partial charge in [-0.2, -0.15) is 0 Å². The summed E-state index contributed by atoms with van der Waals surface area (Å²) < 4.78 is 10.7. The van der Waals surface area contributed by atoms with Crippen molar-refractivity contribution < 1.29 is 23.9 Å². The smallest absolute Gasteiger partial charge is 0.308 e. The molecule has 0 bridgehead atoms.